The molecule has 0 aliphatic carbocycles. The predicted molar refractivity (Wildman–Crippen MR) is 142 cm³/mol. The number of carbonyl (C=O) groups is 3. The predicted octanol–water partition coefficient (Wildman–Crippen LogP) is 6.31. The maximum atomic E-state index is 13.1. The van der Waals surface area contributed by atoms with Crippen LogP contribution in [0.25, 0.3) is 16.8 Å². The summed E-state index contributed by atoms with van der Waals surface area (Å²) >= 11 is 0.840. The molecule has 1 aliphatic rings. The van der Waals surface area contributed by atoms with E-state index in [2.05, 4.69) is 12.2 Å². The number of hydrogen-bond donors (Lipinski definition) is 1. The summed E-state index contributed by atoms with van der Waals surface area (Å²) in [4.78, 5) is 39.8. The first-order valence-corrected chi connectivity index (χ1v) is 12.5. The Morgan fingerprint density at radius 3 is 2.51 bits per heavy atom. The SMILES string of the molecule is CCCCOc1ccc2ccccc2c1/C=C1\SC(=O)N(CC(=O)Nc2c(C)cccc2C)C1=O. The van der Waals surface area contributed by atoms with Crippen molar-refractivity contribution in [2.75, 3.05) is 18.5 Å². The summed E-state index contributed by atoms with van der Waals surface area (Å²) in [5.74, 6) is -0.236. The lowest BCUT2D eigenvalue weighted by molar-refractivity contribution is -0.127. The van der Waals surface area contributed by atoms with Crippen molar-refractivity contribution in [3.8, 4) is 5.75 Å². The quantitative estimate of drug-likeness (QED) is 0.297. The fourth-order valence-corrected chi connectivity index (χ4v) is 4.80. The first kappa shape index (κ1) is 24.5. The van der Waals surface area contributed by atoms with Crippen LogP contribution in [-0.2, 0) is 9.59 Å². The zero-order valence-electron chi connectivity index (χ0n) is 20.1. The molecule has 0 atom stereocenters. The van der Waals surface area contributed by atoms with Crippen LogP contribution < -0.4 is 10.1 Å². The normalized spacial score (nSPS) is 14.7. The summed E-state index contributed by atoms with van der Waals surface area (Å²) in [5, 5.41) is 4.31. The van der Waals surface area contributed by atoms with Crippen molar-refractivity contribution >= 4 is 51.4 Å². The first-order valence-electron chi connectivity index (χ1n) is 11.6. The number of hydrogen-bond acceptors (Lipinski definition) is 5. The molecule has 3 aromatic carbocycles. The van der Waals surface area contributed by atoms with Gasteiger partial charge in [-0.15, -0.1) is 0 Å². The zero-order valence-corrected chi connectivity index (χ0v) is 20.9. The zero-order chi connectivity index (χ0) is 24.9. The maximum absolute atomic E-state index is 13.1. The van der Waals surface area contributed by atoms with Crippen molar-refractivity contribution in [3.63, 3.8) is 0 Å². The minimum absolute atomic E-state index is 0.270. The van der Waals surface area contributed by atoms with E-state index in [9.17, 15) is 14.4 Å². The first-order chi connectivity index (χ1) is 16.9. The molecule has 1 heterocycles. The van der Waals surface area contributed by atoms with E-state index in [0.29, 0.717) is 18.0 Å². The lowest BCUT2D eigenvalue weighted by Gasteiger charge is -2.15. The lowest BCUT2D eigenvalue weighted by Crippen LogP contribution is -2.36. The third-order valence-corrected chi connectivity index (χ3v) is 6.79. The van der Waals surface area contributed by atoms with Crippen LogP contribution in [0.4, 0.5) is 10.5 Å². The number of anilines is 1. The molecule has 0 spiro atoms. The van der Waals surface area contributed by atoms with Gasteiger partial charge in [-0.2, -0.15) is 0 Å². The molecule has 1 saturated heterocycles. The number of carbonyl (C=O) groups excluding carboxylic acids is 3. The second-order valence-corrected chi connectivity index (χ2v) is 9.48. The fraction of sp³-hybridized carbons (Fsp3) is 0.250. The molecule has 0 aromatic heterocycles. The topological polar surface area (TPSA) is 75.7 Å². The van der Waals surface area contributed by atoms with Crippen LogP contribution in [0.1, 0.15) is 36.5 Å². The summed E-state index contributed by atoms with van der Waals surface area (Å²) in [5.41, 5.74) is 3.28. The Balaban J connectivity index is 1.59. The molecule has 4 rings (SSSR count). The molecule has 3 aromatic rings. The van der Waals surface area contributed by atoms with Crippen molar-refractivity contribution in [1.82, 2.24) is 4.90 Å². The van der Waals surface area contributed by atoms with Gasteiger partial charge in [0, 0.05) is 11.3 Å². The summed E-state index contributed by atoms with van der Waals surface area (Å²) in [6.07, 6.45) is 3.63. The van der Waals surface area contributed by atoms with Crippen LogP contribution in [-0.4, -0.2) is 35.1 Å². The summed E-state index contributed by atoms with van der Waals surface area (Å²) < 4.78 is 6.01. The molecule has 7 heteroatoms. The highest BCUT2D eigenvalue weighted by atomic mass is 32.2. The number of nitrogens with one attached hydrogen (secondary N) is 1. The molecule has 180 valence electrons. The molecule has 3 amide bonds. The summed E-state index contributed by atoms with van der Waals surface area (Å²) in [6.45, 7) is 6.11. The van der Waals surface area contributed by atoms with Gasteiger partial charge in [0.2, 0.25) is 5.91 Å². The van der Waals surface area contributed by atoms with E-state index in [0.717, 1.165) is 57.0 Å². The molecule has 0 saturated carbocycles. The highest BCUT2D eigenvalue weighted by molar-refractivity contribution is 8.18. The van der Waals surface area contributed by atoms with Crippen molar-refractivity contribution < 1.29 is 19.1 Å². The molecular weight excluding hydrogens is 460 g/mol. The smallest absolute Gasteiger partial charge is 0.294 e. The van der Waals surface area contributed by atoms with Gasteiger partial charge in [0.1, 0.15) is 12.3 Å². The van der Waals surface area contributed by atoms with E-state index in [4.69, 9.17) is 4.74 Å². The number of unbranched alkanes of at least 4 members (excludes halogenated alkanes) is 1. The Morgan fingerprint density at radius 2 is 1.77 bits per heavy atom. The third-order valence-electron chi connectivity index (χ3n) is 5.88. The Kier molecular flexibility index (Phi) is 7.56. The minimum atomic E-state index is -0.482. The average molecular weight is 489 g/mol. The number of rotatable bonds is 8. The second-order valence-electron chi connectivity index (χ2n) is 8.48. The number of fused-ring (bicyclic) bond motifs is 1. The number of amides is 3. The third kappa shape index (κ3) is 5.41. The maximum Gasteiger partial charge on any atom is 0.294 e. The van der Waals surface area contributed by atoms with Crippen LogP contribution >= 0.6 is 11.8 Å². The lowest BCUT2D eigenvalue weighted by atomic mass is 10.0. The highest BCUT2D eigenvalue weighted by Gasteiger charge is 2.36. The van der Waals surface area contributed by atoms with Crippen molar-refractivity contribution in [2.45, 2.75) is 33.6 Å². The molecule has 0 unspecified atom stereocenters. The fourth-order valence-electron chi connectivity index (χ4n) is 3.98. The minimum Gasteiger partial charge on any atom is -0.493 e. The Hall–Kier alpha value is -3.58. The van der Waals surface area contributed by atoms with E-state index >= 15 is 0 Å². The molecular formula is C28H28N2O4S. The van der Waals surface area contributed by atoms with Crippen molar-refractivity contribution in [2.24, 2.45) is 0 Å². The number of benzene rings is 3. The van der Waals surface area contributed by atoms with E-state index in [1.807, 2.05) is 68.4 Å². The highest BCUT2D eigenvalue weighted by Crippen LogP contribution is 2.37. The summed E-state index contributed by atoms with van der Waals surface area (Å²) in [7, 11) is 0. The van der Waals surface area contributed by atoms with Crippen LogP contribution in [0.2, 0.25) is 0 Å². The van der Waals surface area contributed by atoms with Crippen LogP contribution in [0.3, 0.4) is 0 Å². The molecule has 6 nitrogen and oxygen atoms in total. The Morgan fingerprint density at radius 1 is 1.03 bits per heavy atom. The molecule has 1 N–H and O–H groups in total. The van der Waals surface area contributed by atoms with E-state index in [1.54, 1.807) is 6.08 Å². The largest absolute Gasteiger partial charge is 0.493 e. The molecule has 1 fully saturated rings. The van der Waals surface area contributed by atoms with Gasteiger partial charge < -0.3 is 10.1 Å². The van der Waals surface area contributed by atoms with Gasteiger partial charge in [0.15, 0.2) is 0 Å². The molecule has 0 radical (unpaired) electrons. The second kappa shape index (κ2) is 10.8. The molecule has 0 bridgehead atoms. The number of ether oxygens (including phenoxy) is 1. The number of imide groups is 1. The van der Waals surface area contributed by atoms with E-state index in [-0.39, 0.29) is 11.4 Å². The summed E-state index contributed by atoms with van der Waals surface area (Å²) in [6, 6.07) is 17.4. The number of para-hydroxylation sites is 1. The average Bonchev–Trinajstić information content (AvgIpc) is 3.10. The number of nitrogens with zero attached hydrogens (tertiary/aromatic N) is 1. The van der Waals surface area contributed by atoms with Crippen molar-refractivity contribution in [3.05, 3.63) is 76.2 Å². The van der Waals surface area contributed by atoms with E-state index in [1.165, 1.54) is 0 Å². The van der Waals surface area contributed by atoms with Gasteiger partial charge >= 0.3 is 0 Å². The molecule has 1 aliphatic heterocycles. The standard InChI is InChI=1S/C28H28N2O4S/c1-4-5-15-34-23-14-13-20-11-6-7-12-21(20)22(23)16-24-27(32)30(28(33)35-24)17-25(31)29-26-18(2)9-8-10-19(26)3/h6-14,16H,4-5,15,17H2,1-3H3,(H,29,31)/b24-16-. The Bertz CT molecular complexity index is 1310. The van der Waals surface area contributed by atoms with Gasteiger partial charge in [0.25, 0.3) is 11.1 Å². The number of thioether (sulfide) groups is 1. The van der Waals surface area contributed by atoms with Crippen LogP contribution in [0.15, 0.2) is 59.5 Å². The van der Waals surface area contributed by atoms with Gasteiger partial charge in [-0.25, -0.2) is 0 Å². The monoisotopic (exact) mass is 488 g/mol. The van der Waals surface area contributed by atoms with Gasteiger partial charge in [-0.3, -0.25) is 19.3 Å². The van der Waals surface area contributed by atoms with Crippen LogP contribution in [0, 0.1) is 13.8 Å². The van der Waals surface area contributed by atoms with Gasteiger partial charge in [-0.1, -0.05) is 61.9 Å². The van der Waals surface area contributed by atoms with E-state index < -0.39 is 17.1 Å². The van der Waals surface area contributed by atoms with Gasteiger partial charge in [0.05, 0.1) is 11.5 Å². The van der Waals surface area contributed by atoms with Crippen LogP contribution in [0.5, 0.6) is 5.75 Å². The van der Waals surface area contributed by atoms with Gasteiger partial charge in [-0.05, 0) is 66.1 Å². The molecule has 35 heavy (non-hydrogen) atoms. The Labute approximate surface area is 209 Å². The number of aryl methyl sites for hydroxylation is 2. The van der Waals surface area contributed by atoms with Crippen molar-refractivity contribution in [1.29, 1.82) is 0 Å².